The maximum atomic E-state index is 12.0. The molecule has 0 radical (unpaired) electrons. The van der Waals surface area contributed by atoms with Gasteiger partial charge in [-0.3, -0.25) is 4.79 Å². The van der Waals surface area contributed by atoms with E-state index < -0.39 is 6.10 Å². The molecule has 7 heteroatoms. The Labute approximate surface area is 134 Å². The molecule has 0 aliphatic carbocycles. The Morgan fingerprint density at radius 1 is 1.43 bits per heavy atom. The standard InChI is InChI=1S/C14H19Cl2NO4/c1-9(14(19)17-11(5-6-18)8-20-2)21-13-4-3-10(15)7-12(13)16/h3-4,7,9,11,18H,5-6,8H2,1-2H3,(H,17,19). The van der Waals surface area contributed by atoms with Crippen molar-refractivity contribution in [3.63, 3.8) is 0 Å². The summed E-state index contributed by atoms with van der Waals surface area (Å²) in [5, 5.41) is 12.5. The Hall–Kier alpha value is -1.01. The average molecular weight is 336 g/mol. The molecule has 2 N–H and O–H groups in total. The Balaban J connectivity index is 2.61. The van der Waals surface area contributed by atoms with Crippen molar-refractivity contribution >= 4 is 29.1 Å². The van der Waals surface area contributed by atoms with Crippen LogP contribution in [0.3, 0.4) is 0 Å². The molecule has 2 atom stereocenters. The first-order chi connectivity index (χ1) is 9.97. The first kappa shape index (κ1) is 18.0. The molecule has 0 aromatic heterocycles. The van der Waals surface area contributed by atoms with Gasteiger partial charge in [0.15, 0.2) is 6.10 Å². The third-order valence-electron chi connectivity index (χ3n) is 2.76. The van der Waals surface area contributed by atoms with Crippen LogP contribution >= 0.6 is 23.2 Å². The molecule has 118 valence electrons. The Kier molecular flexibility index (Phi) is 7.82. The van der Waals surface area contributed by atoms with Crippen LogP contribution in [0, 0.1) is 0 Å². The third-order valence-corrected chi connectivity index (χ3v) is 3.29. The van der Waals surface area contributed by atoms with E-state index in [0.717, 1.165) is 0 Å². The molecule has 5 nitrogen and oxygen atoms in total. The number of aliphatic hydroxyl groups is 1. The first-order valence-corrected chi connectivity index (χ1v) is 7.25. The van der Waals surface area contributed by atoms with E-state index in [4.69, 9.17) is 37.8 Å². The minimum absolute atomic E-state index is 0.0352. The topological polar surface area (TPSA) is 67.8 Å². The van der Waals surface area contributed by atoms with Crippen LogP contribution in [-0.4, -0.2) is 43.5 Å². The number of hydrogen-bond acceptors (Lipinski definition) is 4. The number of aliphatic hydroxyl groups excluding tert-OH is 1. The lowest BCUT2D eigenvalue weighted by Crippen LogP contribution is -2.44. The number of ether oxygens (including phenoxy) is 2. The maximum Gasteiger partial charge on any atom is 0.261 e. The molecular formula is C14H19Cl2NO4. The van der Waals surface area contributed by atoms with E-state index in [1.807, 2.05) is 0 Å². The van der Waals surface area contributed by atoms with Crippen molar-refractivity contribution in [1.82, 2.24) is 5.32 Å². The molecule has 21 heavy (non-hydrogen) atoms. The van der Waals surface area contributed by atoms with E-state index in [-0.39, 0.29) is 18.6 Å². The number of amides is 1. The SMILES string of the molecule is COCC(CCO)NC(=O)C(C)Oc1ccc(Cl)cc1Cl. The third kappa shape index (κ3) is 6.09. The van der Waals surface area contributed by atoms with Crippen molar-refractivity contribution in [2.24, 2.45) is 0 Å². The van der Waals surface area contributed by atoms with E-state index >= 15 is 0 Å². The second-order valence-corrected chi connectivity index (χ2v) is 5.35. The number of carbonyl (C=O) groups excluding carboxylic acids is 1. The van der Waals surface area contributed by atoms with Gasteiger partial charge >= 0.3 is 0 Å². The highest BCUT2D eigenvalue weighted by Crippen LogP contribution is 2.28. The predicted octanol–water partition coefficient (Wildman–Crippen LogP) is 2.27. The minimum Gasteiger partial charge on any atom is -0.479 e. The molecule has 1 aromatic carbocycles. The van der Waals surface area contributed by atoms with Gasteiger partial charge in [0.05, 0.1) is 17.7 Å². The Morgan fingerprint density at radius 2 is 2.14 bits per heavy atom. The van der Waals surface area contributed by atoms with Gasteiger partial charge in [0, 0.05) is 18.7 Å². The first-order valence-electron chi connectivity index (χ1n) is 6.49. The van der Waals surface area contributed by atoms with Crippen molar-refractivity contribution in [2.75, 3.05) is 20.3 Å². The maximum absolute atomic E-state index is 12.0. The number of halogens is 2. The van der Waals surface area contributed by atoms with Crippen LogP contribution in [0.5, 0.6) is 5.75 Å². The summed E-state index contributed by atoms with van der Waals surface area (Å²) < 4.78 is 10.5. The molecule has 0 aliphatic heterocycles. The smallest absolute Gasteiger partial charge is 0.261 e. The molecule has 1 rings (SSSR count). The lowest BCUT2D eigenvalue weighted by atomic mass is 10.2. The molecule has 2 unspecified atom stereocenters. The number of rotatable bonds is 8. The lowest BCUT2D eigenvalue weighted by Gasteiger charge is -2.21. The predicted molar refractivity (Wildman–Crippen MR) is 82.1 cm³/mol. The zero-order valence-electron chi connectivity index (χ0n) is 11.9. The summed E-state index contributed by atoms with van der Waals surface area (Å²) in [6, 6.07) is 4.52. The summed E-state index contributed by atoms with van der Waals surface area (Å²) in [6.07, 6.45) is -0.324. The second kappa shape index (κ2) is 9.10. The van der Waals surface area contributed by atoms with Crippen LogP contribution < -0.4 is 10.1 Å². The van der Waals surface area contributed by atoms with Gasteiger partial charge < -0.3 is 19.9 Å². The molecule has 0 heterocycles. The van der Waals surface area contributed by atoms with E-state index in [1.165, 1.54) is 7.11 Å². The molecule has 0 spiro atoms. The largest absolute Gasteiger partial charge is 0.479 e. The second-order valence-electron chi connectivity index (χ2n) is 4.51. The minimum atomic E-state index is -0.735. The van der Waals surface area contributed by atoms with Crippen molar-refractivity contribution in [3.8, 4) is 5.75 Å². The van der Waals surface area contributed by atoms with Crippen molar-refractivity contribution in [1.29, 1.82) is 0 Å². The fourth-order valence-electron chi connectivity index (χ4n) is 1.69. The van der Waals surface area contributed by atoms with E-state index in [9.17, 15) is 4.79 Å². The van der Waals surface area contributed by atoms with Crippen LogP contribution in [0.2, 0.25) is 10.0 Å². The fourth-order valence-corrected chi connectivity index (χ4v) is 2.14. The van der Waals surface area contributed by atoms with E-state index in [0.29, 0.717) is 28.8 Å². The molecule has 0 saturated heterocycles. The number of methoxy groups -OCH3 is 1. The zero-order valence-corrected chi connectivity index (χ0v) is 13.4. The van der Waals surface area contributed by atoms with Gasteiger partial charge in [-0.25, -0.2) is 0 Å². The summed E-state index contributed by atoms with van der Waals surface area (Å²) >= 11 is 11.8. The summed E-state index contributed by atoms with van der Waals surface area (Å²) in [6.45, 7) is 1.90. The van der Waals surface area contributed by atoms with Gasteiger partial charge in [-0.05, 0) is 31.5 Å². The number of benzene rings is 1. The number of carbonyl (C=O) groups is 1. The van der Waals surface area contributed by atoms with E-state index in [1.54, 1.807) is 25.1 Å². The van der Waals surface area contributed by atoms with Gasteiger partial charge in [0.25, 0.3) is 5.91 Å². The lowest BCUT2D eigenvalue weighted by molar-refractivity contribution is -0.128. The highest BCUT2D eigenvalue weighted by molar-refractivity contribution is 6.35. The van der Waals surface area contributed by atoms with Crippen LogP contribution in [0.1, 0.15) is 13.3 Å². The summed E-state index contributed by atoms with van der Waals surface area (Å²) in [5.41, 5.74) is 0. The summed E-state index contributed by atoms with van der Waals surface area (Å²) in [4.78, 5) is 12.0. The zero-order chi connectivity index (χ0) is 15.8. The highest BCUT2D eigenvalue weighted by Gasteiger charge is 2.19. The van der Waals surface area contributed by atoms with Gasteiger partial charge in [-0.2, -0.15) is 0 Å². The van der Waals surface area contributed by atoms with Gasteiger partial charge in [-0.15, -0.1) is 0 Å². The Bertz CT molecular complexity index is 464. The summed E-state index contributed by atoms with van der Waals surface area (Å²) in [5.74, 6) is 0.0747. The van der Waals surface area contributed by atoms with Crippen molar-refractivity contribution in [3.05, 3.63) is 28.2 Å². The molecular weight excluding hydrogens is 317 g/mol. The molecule has 0 fully saturated rings. The van der Waals surface area contributed by atoms with Crippen LogP contribution in [-0.2, 0) is 9.53 Å². The molecule has 1 aromatic rings. The van der Waals surface area contributed by atoms with Crippen LogP contribution in [0.25, 0.3) is 0 Å². The summed E-state index contributed by atoms with van der Waals surface area (Å²) in [7, 11) is 1.53. The quantitative estimate of drug-likeness (QED) is 0.764. The van der Waals surface area contributed by atoms with Gasteiger partial charge in [0.2, 0.25) is 0 Å². The van der Waals surface area contributed by atoms with Gasteiger partial charge in [-0.1, -0.05) is 23.2 Å². The fraction of sp³-hybridized carbons (Fsp3) is 0.500. The number of hydrogen-bond donors (Lipinski definition) is 2. The van der Waals surface area contributed by atoms with Crippen molar-refractivity contribution < 1.29 is 19.4 Å². The average Bonchev–Trinajstić information content (AvgIpc) is 2.42. The van der Waals surface area contributed by atoms with Gasteiger partial charge in [0.1, 0.15) is 5.75 Å². The Morgan fingerprint density at radius 3 is 2.71 bits per heavy atom. The monoisotopic (exact) mass is 335 g/mol. The molecule has 0 aliphatic rings. The molecule has 0 saturated carbocycles. The van der Waals surface area contributed by atoms with E-state index in [2.05, 4.69) is 5.32 Å². The normalized spacial score (nSPS) is 13.6. The van der Waals surface area contributed by atoms with Crippen LogP contribution in [0.15, 0.2) is 18.2 Å². The molecule has 1 amide bonds. The van der Waals surface area contributed by atoms with Crippen LogP contribution in [0.4, 0.5) is 0 Å². The van der Waals surface area contributed by atoms with Crippen molar-refractivity contribution in [2.45, 2.75) is 25.5 Å². The molecule has 0 bridgehead atoms. The number of nitrogens with one attached hydrogen (secondary N) is 1. The highest BCUT2D eigenvalue weighted by atomic mass is 35.5.